The molecule has 0 saturated carbocycles. The maximum absolute atomic E-state index is 12.3. The van der Waals surface area contributed by atoms with Crippen molar-refractivity contribution in [3.8, 4) is 0 Å². The molecule has 0 aromatic carbocycles. The van der Waals surface area contributed by atoms with E-state index >= 15 is 0 Å². The predicted octanol–water partition coefficient (Wildman–Crippen LogP) is 9.80. The Labute approximate surface area is 296 Å². The molecule has 9 nitrogen and oxygen atoms in total. The van der Waals surface area contributed by atoms with Crippen LogP contribution < -0.4 is 0 Å². The molecular formula is C39H65O9P. The van der Waals surface area contributed by atoms with Crippen molar-refractivity contribution in [1.29, 1.82) is 0 Å². The average Bonchev–Trinajstić information content (AvgIpc) is 3.80. The molecule has 280 valence electrons. The SMILES string of the molecule is CC/C=C\CC1OC1C/C=C\C/C=C\C/C=C\C/C=C\CCC(=O)O[C@H](COC(=O)CCCCCCCCCCC(C)C)COP(=O)(O)O. The molecule has 0 bridgehead atoms. The zero-order valence-electron chi connectivity index (χ0n) is 30.4. The third kappa shape index (κ3) is 30.3. The van der Waals surface area contributed by atoms with Gasteiger partial charge < -0.3 is 24.0 Å². The number of hydrogen-bond donors (Lipinski definition) is 2. The summed E-state index contributed by atoms with van der Waals surface area (Å²) < 4.78 is 31.9. The van der Waals surface area contributed by atoms with Gasteiger partial charge in [0.15, 0.2) is 6.10 Å². The fraction of sp³-hybridized carbons (Fsp3) is 0.692. The standard InChI is InChI=1S/C39H65O9P/c1-4-5-22-28-36-37(48-36)29-24-19-15-10-8-6-7-9-11-17-21-26-31-39(41)47-35(33-46-49(42,43)44)32-45-38(40)30-25-20-16-13-12-14-18-23-27-34(2)3/h5,7-10,17,19,21-22,24,34-37H,4,6,11-16,18,20,23,25-33H2,1-3H3,(H2,42,43,44)/b9-7-,10-8-,21-17-,22-5-,24-19-/t35-,36?,37?/m1/s1. The third-order valence-corrected chi connectivity index (χ3v) is 8.38. The number of carbonyl (C=O) groups is 2. The van der Waals surface area contributed by atoms with Crippen LogP contribution in [0.25, 0.3) is 0 Å². The highest BCUT2D eigenvalue weighted by atomic mass is 31.2. The summed E-state index contributed by atoms with van der Waals surface area (Å²) in [4.78, 5) is 42.6. The van der Waals surface area contributed by atoms with Crippen molar-refractivity contribution < 1.29 is 42.7 Å². The molecular weight excluding hydrogens is 643 g/mol. The number of allylic oxidation sites excluding steroid dienone is 8. The number of unbranched alkanes of at least 4 members (excludes halogenated alkanes) is 7. The molecule has 0 radical (unpaired) electrons. The minimum absolute atomic E-state index is 0.0813. The highest BCUT2D eigenvalue weighted by Crippen LogP contribution is 2.36. The molecule has 0 aromatic heterocycles. The number of hydrogen-bond acceptors (Lipinski definition) is 7. The van der Waals surface area contributed by atoms with Crippen molar-refractivity contribution in [3.63, 3.8) is 0 Å². The monoisotopic (exact) mass is 708 g/mol. The van der Waals surface area contributed by atoms with Crippen LogP contribution in [0.15, 0.2) is 60.8 Å². The van der Waals surface area contributed by atoms with Crippen molar-refractivity contribution in [1.82, 2.24) is 0 Å². The van der Waals surface area contributed by atoms with E-state index in [1.54, 1.807) is 0 Å². The Bertz CT molecular complexity index is 1060. The Morgan fingerprint density at radius 2 is 1.22 bits per heavy atom. The minimum Gasteiger partial charge on any atom is -0.462 e. The van der Waals surface area contributed by atoms with Crippen molar-refractivity contribution in [2.45, 2.75) is 155 Å². The first-order valence-electron chi connectivity index (χ1n) is 18.6. The summed E-state index contributed by atoms with van der Waals surface area (Å²) in [5.41, 5.74) is 0. The molecule has 0 aromatic rings. The quantitative estimate of drug-likeness (QED) is 0.0237. The van der Waals surface area contributed by atoms with Crippen molar-refractivity contribution >= 4 is 19.8 Å². The second-order valence-electron chi connectivity index (χ2n) is 13.0. The predicted molar refractivity (Wildman–Crippen MR) is 197 cm³/mol. The van der Waals surface area contributed by atoms with Gasteiger partial charge in [-0.25, -0.2) is 4.57 Å². The molecule has 1 aliphatic heterocycles. The van der Waals surface area contributed by atoms with Gasteiger partial charge >= 0.3 is 19.8 Å². The molecule has 1 rings (SSSR count). The Kier molecular flexibility index (Phi) is 26.9. The van der Waals surface area contributed by atoms with Crippen LogP contribution in [0.1, 0.15) is 136 Å². The highest BCUT2D eigenvalue weighted by Gasteiger charge is 2.35. The normalized spacial score (nSPS) is 17.4. The lowest BCUT2D eigenvalue weighted by Gasteiger charge is -2.18. The number of rotatable bonds is 31. The fourth-order valence-electron chi connectivity index (χ4n) is 5.04. The summed E-state index contributed by atoms with van der Waals surface area (Å²) in [7, 11) is -4.77. The summed E-state index contributed by atoms with van der Waals surface area (Å²) in [6.45, 7) is 5.75. The summed E-state index contributed by atoms with van der Waals surface area (Å²) in [5.74, 6) is -0.227. The first kappa shape index (κ1) is 44.7. The van der Waals surface area contributed by atoms with E-state index in [1.165, 1.54) is 32.1 Å². The van der Waals surface area contributed by atoms with Crippen LogP contribution in [0.2, 0.25) is 0 Å². The zero-order valence-corrected chi connectivity index (χ0v) is 31.3. The van der Waals surface area contributed by atoms with Crippen molar-refractivity contribution in [3.05, 3.63) is 60.8 Å². The molecule has 10 heteroatoms. The maximum atomic E-state index is 12.3. The van der Waals surface area contributed by atoms with E-state index in [-0.39, 0.29) is 19.4 Å². The lowest BCUT2D eigenvalue weighted by Crippen LogP contribution is -2.29. The van der Waals surface area contributed by atoms with Gasteiger partial charge in [-0.2, -0.15) is 0 Å². The molecule has 0 aliphatic carbocycles. The largest absolute Gasteiger partial charge is 0.469 e. The van der Waals surface area contributed by atoms with Crippen LogP contribution in [0.4, 0.5) is 0 Å². The van der Waals surface area contributed by atoms with E-state index in [0.29, 0.717) is 25.0 Å². The Morgan fingerprint density at radius 1 is 0.694 bits per heavy atom. The van der Waals surface area contributed by atoms with Gasteiger partial charge in [0, 0.05) is 12.8 Å². The molecule has 1 heterocycles. The highest BCUT2D eigenvalue weighted by molar-refractivity contribution is 7.46. The number of phosphoric ester groups is 1. The van der Waals surface area contributed by atoms with Crippen LogP contribution in [0.5, 0.6) is 0 Å². The van der Waals surface area contributed by atoms with Crippen molar-refractivity contribution in [2.75, 3.05) is 13.2 Å². The number of ether oxygens (including phenoxy) is 3. The Balaban J connectivity index is 2.16. The Hall–Kier alpha value is -2.29. The molecule has 3 atom stereocenters. The molecule has 0 spiro atoms. The van der Waals surface area contributed by atoms with Gasteiger partial charge in [0.05, 0.1) is 18.8 Å². The smallest absolute Gasteiger partial charge is 0.462 e. The van der Waals surface area contributed by atoms with Gasteiger partial charge in [-0.1, -0.05) is 133 Å². The van der Waals surface area contributed by atoms with Gasteiger partial charge in [0.2, 0.25) is 0 Å². The summed E-state index contributed by atoms with van der Waals surface area (Å²) in [6, 6.07) is 0. The number of phosphoric acid groups is 1. The van der Waals surface area contributed by atoms with Gasteiger partial charge in [-0.05, 0) is 57.3 Å². The molecule has 1 fully saturated rings. The molecule has 1 aliphatic rings. The lowest BCUT2D eigenvalue weighted by atomic mass is 10.0. The molecule has 49 heavy (non-hydrogen) atoms. The topological polar surface area (TPSA) is 132 Å². The van der Waals surface area contributed by atoms with Gasteiger partial charge in [-0.3, -0.25) is 14.1 Å². The van der Waals surface area contributed by atoms with E-state index in [4.69, 9.17) is 24.0 Å². The first-order chi connectivity index (χ1) is 23.6. The Morgan fingerprint density at radius 3 is 1.80 bits per heavy atom. The van der Waals surface area contributed by atoms with E-state index in [1.807, 2.05) is 12.2 Å². The minimum atomic E-state index is -4.77. The summed E-state index contributed by atoms with van der Waals surface area (Å²) in [5, 5.41) is 0. The first-order valence-corrected chi connectivity index (χ1v) is 20.1. The summed E-state index contributed by atoms with van der Waals surface area (Å²) in [6.07, 6.45) is 37.3. The maximum Gasteiger partial charge on any atom is 0.469 e. The van der Waals surface area contributed by atoms with Crippen LogP contribution in [0, 0.1) is 5.92 Å². The number of epoxide rings is 1. The fourth-order valence-corrected chi connectivity index (χ4v) is 5.40. The van der Waals surface area contributed by atoms with E-state index in [0.717, 1.165) is 63.7 Å². The zero-order chi connectivity index (χ0) is 36.0. The number of carbonyl (C=O) groups excluding carboxylic acids is 2. The van der Waals surface area contributed by atoms with Crippen LogP contribution in [-0.4, -0.2) is 53.3 Å². The molecule has 2 N–H and O–H groups in total. The third-order valence-electron chi connectivity index (χ3n) is 7.89. The van der Waals surface area contributed by atoms with E-state index < -0.39 is 32.5 Å². The van der Waals surface area contributed by atoms with Crippen LogP contribution >= 0.6 is 7.82 Å². The van der Waals surface area contributed by atoms with Crippen molar-refractivity contribution in [2.24, 2.45) is 5.92 Å². The summed E-state index contributed by atoms with van der Waals surface area (Å²) >= 11 is 0. The number of esters is 2. The van der Waals surface area contributed by atoms with Crippen LogP contribution in [-0.2, 0) is 32.9 Å². The van der Waals surface area contributed by atoms with E-state index in [9.17, 15) is 14.2 Å². The van der Waals surface area contributed by atoms with Crippen LogP contribution in [0.3, 0.4) is 0 Å². The van der Waals surface area contributed by atoms with Gasteiger partial charge in [0.1, 0.15) is 6.61 Å². The van der Waals surface area contributed by atoms with Gasteiger partial charge in [0.25, 0.3) is 0 Å². The van der Waals surface area contributed by atoms with E-state index in [2.05, 4.69) is 73.9 Å². The lowest BCUT2D eigenvalue weighted by molar-refractivity contribution is -0.161. The van der Waals surface area contributed by atoms with Gasteiger partial charge in [-0.15, -0.1) is 0 Å². The average molecular weight is 709 g/mol. The molecule has 1 saturated heterocycles. The molecule has 0 amide bonds. The molecule has 2 unspecified atom stereocenters. The second kappa shape index (κ2) is 29.4. The second-order valence-corrected chi connectivity index (χ2v) is 14.3.